The second kappa shape index (κ2) is 11.4. The van der Waals surface area contributed by atoms with Crippen LogP contribution < -0.4 is 14.9 Å². The Morgan fingerprint density at radius 2 is 1.41 bits per heavy atom. The van der Waals surface area contributed by atoms with Crippen LogP contribution in [-0.2, 0) is 17.8 Å². The Bertz CT molecular complexity index is 1570. The zero-order valence-corrected chi connectivity index (χ0v) is 20.7. The SMILES string of the molecule is CCOc1cc(/C=N\NC(=O)Cc2cccc3ccccc23)ccc1OCc1cccc2ccccc12. The minimum atomic E-state index is -0.173. The summed E-state index contributed by atoms with van der Waals surface area (Å²) in [6.07, 6.45) is 1.86. The number of hydrogen-bond acceptors (Lipinski definition) is 4. The van der Waals surface area contributed by atoms with Crippen LogP contribution in [0.5, 0.6) is 11.5 Å². The first-order valence-corrected chi connectivity index (χ1v) is 12.4. The molecular weight excluding hydrogens is 460 g/mol. The molecular formula is C32H28N2O3. The largest absolute Gasteiger partial charge is 0.490 e. The van der Waals surface area contributed by atoms with Crippen LogP contribution in [-0.4, -0.2) is 18.7 Å². The minimum absolute atomic E-state index is 0.173. The van der Waals surface area contributed by atoms with Crippen LogP contribution in [0, 0.1) is 0 Å². The molecule has 5 aromatic rings. The molecule has 0 unspecified atom stereocenters. The molecule has 5 nitrogen and oxygen atoms in total. The van der Waals surface area contributed by atoms with Crippen molar-refractivity contribution in [3.05, 3.63) is 120 Å². The smallest absolute Gasteiger partial charge is 0.244 e. The predicted molar refractivity (Wildman–Crippen MR) is 149 cm³/mol. The van der Waals surface area contributed by atoms with Crippen molar-refractivity contribution in [1.29, 1.82) is 0 Å². The first kappa shape index (κ1) is 24.1. The van der Waals surface area contributed by atoms with E-state index in [9.17, 15) is 4.79 Å². The van der Waals surface area contributed by atoms with Crippen LogP contribution in [0.15, 0.2) is 108 Å². The number of ether oxygens (including phenoxy) is 2. The third kappa shape index (κ3) is 5.78. The number of fused-ring (bicyclic) bond motifs is 2. The zero-order chi connectivity index (χ0) is 25.5. The number of nitrogens with one attached hydrogen (secondary N) is 1. The maximum absolute atomic E-state index is 12.5. The number of hydrazone groups is 1. The van der Waals surface area contributed by atoms with Gasteiger partial charge in [-0.25, -0.2) is 5.43 Å². The van der Waals surface area contributed by atoms with Gasteiger partial charge in [0, 0.05) is 0 Å². The number of rotatable bonds is 9. The maximum atomic E-state index is 12.5. The molecule has 5 heteroatoms. The predicted octanol–water partition coefficient (Wildman–Crippen LogP) is 6.66. The standard InChI is InChI=1S/C32H28N2O3/c1-2-36-31-19-23(17-18-30(31)37-22-27-14-8-12-25-10-4-6-16-29(25)27)21-33-34-32(35)20-26-13-7-11-24-9-3-5-15-28(24)26/h3-19,21H,2,20,22H2,1H3,(H,34,35)/b33-21-. The lowest BCUT2D eigenvalue weighted by molar-refractivity contribution is -0.120. The summed E-state index contributed by atoms with van der Waals surface area (Å²) in [5, 5.41) is 8.70. The van der Waals surface area contributed by atoms with Crippen LogP contribution in [0.3, 0.4) is 0 Å². The highest BCUT2D eigenvalue weighted by molar-refractivity contribution is 5.91. The van der Waals surface area contributed by atoms with Crippen LogP contribution in [0.1, 0.15) is 23.6 Å². The molecule has 0 bridgehead atoms. The second-order valence-corrected chi connectivity index (χ2v) is 8.67. The van der Waals surface area contributed by atoms with Gasteiger partial charge in [0.1, 0.15) is 6.61 Å². The van der Waals surface area contributed by atoms with Crippen LogP contribution in [0.25, 0.3) is 21.5 Å². The van der Waals surface area contributed by atoms with Gasteiger partial charge in [-0.1, -0.05) is 84.9 Å². The number of carbonyl (C=O) groups excluding carboxylic acids is 1. The van der Waals surface area contributed by atoms with Gasteiger partial charge in [0.15, 0.2) is 11.5 Å². The van der Waals surface area contributed by atoms with Gasteiger partial charge in [-0.15, -0.1) is 0 Å². The first-order chi connectivity index (χ1) is 18.2. The van der Waals surface area contributed by atoms with Gasteiger partial charge < -0.3 is 9.47 Å². The fourth-order valence-electron chi connectivity index (χ4n) is 4.40. The van der Waals surface area contributed by atoms with E-state index in [1.54, 1.807) is 6.21 Å². The molecule has 0 spiro atoms. The van der Waals surface area contributed by atoms with E-state index in [4.69, 9.17) is 9.47 Å². The molecule has 0 heterocycles. The van der Waals surface area contributed by atoms with E-state index >= 15 is 0 Å². The van der Waals surface area contributed by atoms with Crippen molar-refractivity contribution in [3.8, 4) is 11.5 Å². The normalized spacial score (nSPS) is 11.2. The number of benzene rings is 5. The van der Waals surface area contributed by atoms with Gasteiger partial charge in [0.05, 0.1) is 19.2 Å². The van der Waals surface area contributed by atoms with Crippen molar-refractivity contribution in [2.75, 3.05) is 6.61 Å². The van der Waals surface area contributed by atoms with E-state index in [0.717, 1.165) is 27.5 Å². The Balaban J connectivity index is 1.24. The van der Waals surface area contributed by atoms with Crippen LogP contribution in [0.4, 0.5) is 0 Å². The maximum Gasteiger partial charge on any atom is 0.244 e. The third-order valence-corrected chi connectivity index (χ3v) is 6.16. The fraction of sp³-hybridized carbons (Fsp3) is 0.125. The van der Waals surface area contributed by atoms with Gasteiger partial charge in [-0.05, 0) is 63.4 Å². The van der Waals surface area contributed by atoms with Crippen LogP contribution >= 0.6 is 0 Å². The van der Waals surface area contributed by atoms with E-state index in [1.165, 1.54) is 10.8 Å². The molecule has 1 N–H and O–H groups in total. The molecule has 5 aromatic carbocycles. The van der Waals surface area contributed by atoms with Crippen molar-refractivity contribution in [2.24, 2.45) is 5.10 Å². The van der Waals surface area contributed by atoms with E-state index in [2.05, 4.69) is 34.8 Å². The lowest BCUT2D eigenvalue weighted by Gasteiger charge is -2.13. The fourth-order valence-corrected chi connectivity index (χ4v) is 4.40. The molecule has 0 saturated carbocycles. The molecule has 0 aliphatic carbocycles. The number of amides is 1. The van der Waals surface area contributed by atoms with Gasteiger partial charge in [-0.2, -0.15) is 5.10 Å². The second-order valence-electron chi connectivity index (χ2n) is 8.67. The van der Waals surface area contributed by atoms with Crippen molar-refractivity contribution < 1.29 is 14.3 Å². The molecule has 0 saturated heterocycles. The van der Waals surface area contributed by atoms with Crippen molar-refractivity contribution in [1.82, 2.24) is 5.43 Å². The average molecular weight is 489 g/mol. The van der Waals surface area contributed by atoms with Gasteiger partial charge in [-0.3, -0.25) is 4.79 Å². The molecule has 37 heavy (non-hydrogen) atoms. The summed E-state index contributed by atoms with van der Waals surface area (Å²) in [6, 6.07) is 34.1. The van der Waals surface area contributed by atoms with E-state index < -0.39 is 0 Å². The summed E-state index contributed by atoms with van der Waals surface area (Å²) in [7, 11) is 0. The Labute approximate surface area is 216 Å². The number of hydrogen-bond donors (Lipinski definition) is 1. The van der Waals surface area contributed by atoms with Gasteiger partial charge in [0.25, 0.3) is 0 Å². The van der Waals surface area contributed by atoms with E-state index in [1.807, 2.05) is 85.8 Å². The number of nitrogens with zero attached hydrogens (tertiary/aromatic N) is 1. The monoisotopic (exact) mass is 488 g/mol. The Hall–Kier alpha value is -4.64. The molecule has 1 amide bonds. The molecule has 5 rings (SSSR count). The minimum Gasteiger partial charge on any atom is -0.490 e. The van der Waals surface area contributed by atoms with E-state index in [0.29, 0.717) is 24.7 Å². The van der Waals surface area contributed by atoms with E-state index in [-0.39, 0.29) is 12.3 Å². The van der Waals surface area contributed by atoms with Crippen molar-refractivity contribution in [2.45, 2.75) is 20.0 Å². The third-order valence-electron chi connectivity index (χ3n) is 6.16. The highest BCUT2D eigenvalue weighted by atomic mass is 16.5. The molecule has 0 aliphatic rings. The van der Waals surface area contributed by atoms with Crippen molar-refractivity contribution >= 4 is 33.7 Å². The molecule has 184 valence electrons. The highest BCUT2D eigenvalue weighted by Crippen LogP contribution is 2.30. The van der Waals surface area contributed by atoms with Gasteiger partial charge >= 0.3 is 0 Å². The number of carbonyl (C=O) groups is 1. The summed E-state index contributed by atoms with van der Waals surface area (Å²) in [6.45, 7) is 2.87. The lowest BCUT2D eigenvalue weighted by atomic mass is 10.0. The molecule has 0 radical (unpaired) electrons. The molecule has 0 aromatic heterocycles. The first-order valence-electron chi connectivity index (χ1n) is 12.4. The molecule has 0 atom stereocenters. The summed E-state index contributed by atoms with van der Waals surface area (Å²) in [5.74, 6) is 1.12. The summed E-state index contributed by atoms with van der Waals surface area (Å²) >= 11 is 0. The Morgan fingerprint density at radius 1 is 0.757 bits per heavy atom. The lowest BCUT2D eigenvalue weighted by Crippen LogP contribution is -2.19. The summed E-state index contributed by atoms with van der Waals surface area (Å²) in [4.78, 5) is 12.5. The Morgan fingerprint density at radius 3 is 2.14 bits per heavy atom. The zero-order valence-electron chi connectivity index (χ0n) is 20.7. The summed E-state index contributed by atoms with van der Waals surface area (Å²) in [5.41, 5.74) is 5.51. The quantitative estimate of drug-likeness (QED) is 0.186. The molecule has 0 fully saturated rings. The van der Waals surface area contributed by atoms with Crippen molar-refractivity contribution in [3.63, 3.8) is 0 Å². The van der Waals surface area contributed by atoms with Crippen LogP contribution in [0.2, 0.25) is 0 Å². The topological polar surface area (TPSA) is 59.9 Å². The highest BCUT2D eigenvalue weighted by Gasteiger charge is 2.09. The summed E-state index contributed by atoms with van der Waals surface area (Å²) < 4.78 is 12.0. The van der Waals surface area contributed by atoms with Gasteiger partial charge in [0.2, 0.25) is 5.91 Å². The average Bonchev–Trinajstić information content (AvgIpc) is 2.93. The Kier molecular flexibility index (Phi) is 7.42. The molecule has 0 aliphatic heterocycles.